The van der Waals surface area contributed by atoms with Gasteiger partial charge in [-0.25, -0.2) is 0 Å². The van der Waals surface area contributed by atoms with Gasteiger partial charge >= 0.3 is 21.2 Å². The summed E-state index contributed by atoms with van der Waals surface area (Å²) in [5.74, 6) is 0.214. The Kier molecular flexibility index (Phi) is 9.04. The summed E-state index contributed by atoms with van der Waals surface area (Å²) in [7, 11) is -8.68. The van der Waals surface area contributed by atoms with Gasteiger partial charge in [0.1, 0.15) is 6.04 Å². The second-order valence-electron chi connectivity index (χ2n) is 4.54. The van der Waals surface area contributed by atoms with Gasteiger partial charge in [0.15, 0.2) is 0 Å². The molecule has 0 radical (unpaired) electrons. The highest BCUT2D eigenvalue weighted by molar-refractivity contribution is 7.55. The van der Waals surface area contributed by atoms with Crippen LogP contribution in [0.4, 0.5) is 0 Å². The van der Waals surface area contributed by atoms with Crippen LogP contribution < -0.4 is 0 Å². The summed E-state index contributed by atoms with van der Waals surface area (Å²) in [6, 6.07) is -0.923. The number of aliphatic carboxylic acids is 1. The van der Waals surface area contributed by atoms with Crippen molar-refractivity contribution in [2.75, 3.05) is 13.1 Å². The van der Waals surface area contributed by atoms with Crippen LogP contribution in [-0.2, 0) is 13.9 Å². The van der Waals surface area contributed by atoms with Crippen LogP contribution in [0.5, 0.6) is 0 Å². The number of hydrogen-bond acceptors (Lipinski definition) is 4. The van der Waals surface area contributed by atoms with Crippen LogP contribution in [0.2, 0.25) is 0 Å². The first-order valence-corrected chi connectivity index (χ1v) is 9.75. The number of hydrogen-bond donors (Lipinski definition) is 5. The molecule has 128 valence electrons. The van der Waals surface area contributed by atoms with Crippen LogP contribution in [0.15, 0.2) is 23.8 Å². The molecule has 0 spiro atoms. The number of carboxylic acids is 1. The Labute approximate surface area is 128 Å². The molecule has 0 aromatic rings. The molecular weight excluding hydrogens is 336 g/mol. The molecule has 0 aliphatic rings. The number of rotatable bonds is 10. The van der Waals surface area contributed by atoms with E-state index in [9.17, 15) is 19.0 Å². The summed E-state index contributed by atoms with van der Waals surface area (Å²) >= 11 is 0. The molecule has 0 rings (SSSR count). The van der Waals surface area contributed by atoms with E-state index < -0.39 is 27.2 Å². The second-order valence-corrected chi connectivity index (χ2v) is 7.50. The highest BCUT2D eigenvalue weighted by atomic mass is 31.2. The fourth-order valence-corrected chi connectivity index (χ4v) is 2.44. The van der Waals surface area contributed by atoms with Gasteiger partial charge in [0.25, 0.3) is 0 Å². The van der Waals surface area contributed by atoms with E-state index in [-0.39, 0.29) is 13.1 Å². The van der Waals surface area contributed by atoms with Gasteiger partial charge < -0.3 is 24.7 Å². The van der Waals surface area contributed by atoms with Gasteiger partial charge in [0.2, 0.25) is 0 Å². The Balaban J connectivity index is 5.07. The van der Waals surface area contributed by atoms with Crippen LogP contribution in [0.3, 0.4) is 0 Å². The molecule has 0 unspecified atom stereocenters. The molecule has 0 saturated carbocycles. The standard InChI is InChI=1S/C11H21NO8P2/c1-2-5-10(11(13)14)12(6-3-8-21(15,16)17)7-4-9-22(18,19)20/h3-4,8-10H,2,5-7H2,1H3,(H,13,14)(H2,15,16,17)(H2,18,19,20)/t10-/m0/s1. The molecule has 0 aromatic carbocycles. The van der Waals surface area contributed by atoms with Crippen molar-refractivity contribution in [1.29, 1.82) is 0 Å². The first-order chi connectivity index (χ1) is 9.96. The van der Waals surface area contributed by atoms with E-state index in [2.05, 4.69) is 0 Å². The monoisotopic (exact) mass is 357 g/mol. The Bertz CT molecular complexity index is 472. The van der Waals surface area contributed by atoms with Crippen LogP contribution in [-0.4, -0.2) is 54.7 Å². The lowest BCUT2D eigenvalue weighted by molar-refractivity contribution is -0.143. The molecule has 0 heterocycles. The SMILES string of the molecule is CCC[C@@H](C(=O)O)N(CC=CP(=O)(O)O)CC=CP(=O)(O)O. The molecule has 5 N–H and O–H groups in total. The zero-order valence-electron chi connectivity index (χ0n) is 12.0. The summed E-state index contributed by atoms with van der Waals surface area (Å²) < 4.78 is 21.5. The topological polar surface area (TPSA) is 156 Å². The predicted octanol–water partition coefficient (Wildman–Crippen LogP) is 0.924. The predicted molar refractivity (Wildman–Crippen MR) is 80.3 cm³/mol. The van der Waals surface area contributed by atoms with Crippen LogP contribution in [0, 0.1) is 0 Å². The lowest BCUT2D eigenvalue weighted by Crippen LogP contribution is -2.41. The summed E-state index contributed by atoms with van der Waals surface area (Å²) in [4.78, 5) is 47.6. The molecule has 0 saturated heterocycles. The van der Waals surface area contributed by atoms with Crippen molar-refractivity contribution in [3.05, 3.63) is 23.8 Å². The molecule has 9 nitrogen and oxygen atoms in total. The van der Waals surface area contributed by atoms with Gasteiger partial charge in [0.05, 0.1) is 0 Å². The fraction of sp³-hybridized carbons (Fsp3) is 0.545. The average molecular weight is 357 g/mol. The number of carbonyl (C=O) groups is 1. The fourth-order valence-electron chi connectivity index (χ4n) is 1.70. The van der Waals surface area contributed by atoms with E-state index in [4.69, 9.17) is 19.6 Å². The smallest absolute Gasteiger partial charge is 0.348 e. The molecule has 0 aromatic heterocycles. The van der Waals surface area contributed by atoms with Gasteiger partial charge in [-0.1, -0.05) is 25.5 Å². The third kappa shape index (κ3) is 10.9. The molecule has 0 fully saturated rings. The summed E-state index contributed by atoms with van der Waals surface area (Å²) in [5, 5.41) is 9.20. The minimum absolute atomic E-state index is 0.0758. The third-order valence-electron chi connectivity index (χ3n) is 2.57. The normalized spacial score (nSPS) is 15.0. The van der Waals surface area contributed by atoms with E-state index in [1.165, 1.54) is 4.90 Å². The Hall–Kier alpha value is -0.790. The maximum Gasteiger partial charge on any atom is 0.348 e. The zero-order valence-corrected chi connectivity index (χ0v) is 13.8. The third-order valence-corrected chi connectivity index (χ3v) is 3.77. The average Bonchev–Trinajstić information content (AvgIpc) is 2.31. The lowest BCUT2D eigenvalue weighted by Gasteiger charge is -2.26. The van der Waals surface area contributed by atoms with E-state index in [0.717, 1.165) is 12.2 Å². The number of nitrogens with zero attached hydrogens (tertiary/aromatic N) is 1. The summed E-state index contributed by atoms with van der Waals surface area (Å²) in [6.07, 6.45) is 3.14. The maximum absolute atomic E-state index is 11.3. The molecule has 0 aliphatic heterocycles. The van der Waals surface area contributed by atoms with Crippen LogP contribution in [0.1, 0.15) is 19.8 Å². The Morgan fingerprint density at radius 1 is 1.05 bits per heavy atom. The quantitative estimate of drug-likeness (QED) is 0.359. The zero-order chi connectivity index (χ0) is 17.4. The molecule has 0 aliphatic carbocycles. The van der Waals surface area contributed by atoms with Crippen LogP contribution >= 0.6 is 15.2 Å². The van der Waals surface area contributed by atoms with Gasteiger partial charge in [-0.05, 0) is 6.42 Å². The van der Waals surface area contributed by atoms with Crippen molar-refractivity contribution < 1.29 is 38.6 Å². The highest BCUT2D eigenvalue weighted by Crippen LogP contribution is 2.36. The van der Waals surface area contributed by atoms with Crippen molar-refractivity contribution in [2.24, 2.45) is 0 Å². The second kappa shape index (κ2) is 9.37. The Morgan fingerprint density at radius 2 is 1.45 bits per heavy atom. The van der Waals surface area contributed by atoms with Gasteiger partial charge in [-0.3, -0.25) is 18.8 Å². The largest absolute Gasteiger partial charge is 0.480 e. The minimum atomic E-state index is -4.34. The minimum Gasteiger partial charge on any atom is -0.480 e. The van der Waals surface area contributed by atoms with Crippen LogP contribution in [0.25, 0.3) is 0 Å². The van der Waals surface area contributed by atoms with Gasteiger partial charge in [0, 0.05) is 24.7 Å². The highest BCUT2D eigenvalue weighted by Gasteiger charge is 2.23. The first-order valence-electron chi connectivity index (χ1n) is 6.39. The first kappa shape index (κ1) is 21.2. The molecule has 11 heteroatoms. The summed E-state index contributed by atoms with van der Waals surface area (Å²) in [6.45, 7) is 1.63. The molecule has 0 bridgehead atoms. The van der Waals surface area contributed by atoms with Crippen molar-refractivity contribution in [2.45, 2.75) is 25.8 Å². The van der Waals surface area contributed by atoms with Crippen molar-refractivity contribution in [3.8, 4) is 0 Å². The molecular formula is C11H21NO8P2. The van der Waals surface area contributed by atoms with Crippen molar-refractivity contribution in [1.82, 2.24) is 4.90 Å². The number of carboxylic acid groups (broad SMARTS) is 1. The lowest BCUT2D eigenvalue weighted by atomic mass is 10.1. The van der Waals surface area contributed by atoms with Gasteiger partial charge in [-0.15, -0.1) is 0 Å². The molecule has 0 amide bonds. The van der Waals surface area contributed by atoms with Crippen molar-refractivity contribution in [3.63, 3.8) is 0 Å². The molecule has 22 heavy (non-hydrogen) atoms. The van der Waals surface area contributed by atoms with E-state index in [1.54, 1.807) is 6.92 Å². The van der Waals surface area contributed by atoms with Crippen molar-refractivity contribution >= 4 is 21.2 Å². The molecule has 1 atom stereocenters. The maximum atomic E-state index is 11.3. The van der Waals surface area contributed by atoms with E-state index in [1.807, 2.05) is 0 Å². The van der Waals surface area contributed by atoms with E-state index >= 15 is 0 Å². The Morgan fingerprint density at radius 3 is 1.73 bits per heavy atom. The van der Waals surface area contributed by atoms with E-state index in [0.29, 0.717) is 24.5 Å². The summed E-state index contributed by atoms with van der Waals surface area (Å²) in [5.41, 5.74) is 0. The van der Waals surface area contributed by atoms with Gasteiger partial charge in [-0.2, -0.15) is 0 Å².